The van der Waals surface area contributed by atoms with Gasteiger partial charge in [-0.25, -0.2) is 0 Å². The van der Waals surface area contributed by atoms with Crippen LogP contribution in [0, 0.1) is 0 Å². The maximum atomic E-state index is 13.7. The molecule has 2 fully saturated rings. The van der Waals surface area contributed by atoms with Gasteiger partial charge in [-0.15, -0.1) is 0 Å². The van der Waals surface area contributed by atoms with E-state index in [1.54, 1.807) is 0 Å². The monoisotopic (exact) mass is 496 g/mol. The molecule has 0 spiro atoms. The number of rotatable bonds is 7. The van der Waals surface area contributed by atoms with Crippen molar-refractivity contribution in [2.45, 2.75) is 43.7 Å². The van der Waals surface area contributed by atoms with Crippen LogP contribution in [0.5, 0.6) is 0 Å². The van der Waals surface area contributed by atoms with E-state index in [0.29, 0.717) is 30.2 Å². The van der Waals surface area contributed by atoms with Gasteiger partial charge in [0.2, 0.25) is 5.91 Å². The zero-order valence-electron chi connectivity index (χ0n) is 17.7. The zero-order valence-corrected chi connectivity index (χ0v) is 17.7. The van der Waals surface area contributed by atoms with Crippen LogP contribution in [0.2, 0.25) is 0 Å². The highest BCUT2D eigenvalue weighted by atomic mass is 19.4. The number of primary amides is 1. The molecule has 1 atom stereocenters. The number of nitrogens with one attached hydrogen (secondary N) is 1. The summed E-state index contributed by atoms with van der Waals surface area (Å²) in [5, 5.41) is 2.07. The minimum Gasteiger partial charge on any atom is -0.370 e. The molecule has 14 heteroatoms. The first-order valence-electron chi connectivity index (χ1n) is 10.3. The van der Waals surface area contributed by atoms with Crippen LogP contribution in [0.3, 0.4) is 0 Å². The van der Waals surface area contributed by atoms with Crippen molar-refractivity contribution in [1.29, 1.82) is 0 Å². The predicted octanol–water partition coefficient (Wildman–Crippen LogP) is 2.28. The number of halogens is 6. The van der Waals surface area contributed by atoms with Crippen LogP contribution in [0.4, 0.5) is 37.7 Å². The van der Waals surface area contributed by atoms with Crippen LogP contribution in [-0.4, -0.2) is 67.2 Å². The fraction of sp³-hybridized carbons (Fsp3) is 0.550. The Morgan fingerprint density at radius 1 is 1.21 bits per heavy atom. The Morgan fingerprint density at radius 2 is 1.88 bits per heavy atom. The van der Waals surface area contributed by atoms with Crippen LogP contribution < -0.4 is 16.0 Å². The third kappa shape index (κ3) is 5.97. The summed E-state index contributed by atoms with van der Waals surface area (Å²) in [4.78, 5) is 38.2. The summed E-state index contributed by atoms with van der Waals surface area (Å²) in [7, 11) is 0. The molecular formula is C20H22F6N4O4. The maximum Gasteiger partial charge on any atom is 0.418 e. The molecule has 1 aliphatic carbocycles. The molecule has 3 N–H and O–H groups in total. The summed E-state index contributed by atoms with van der Waals surface area (Å²) >= 11 is 0. The van der Waals surface area contributed by atoms with Crippen molar-refractivity contribution in [3.8, 4) is 0 Å². The summed E-state index contributed by atoms with van der Waals surface area (Å²) in [6, 6.07) is -0.195. The van der Waals surface area contributed by atoms with Gasteiger partial charge in [-0.3, -0.25) is 19.3 Å². The molecule has 1 aromatic carbocycles. The number of benzene rings is 1. The van der Waals surface area contributed by atoms with E-state index in [4.69, 9.17) is 10.5 Å². The Balaban J connectivity index is 1.89. The summed E-state index contributed by atoms with van der Waals surface area (Å²) in [5.74, 6) is -3.34. The Bertz CT molecular complexity index is 948. The van der Waals surface area contributed by atoms with Gasteiger partial charge in [-0.1, -0.05) is 6.42 Å². The SMILES string of the molecule is NC(=O)[C@@H](C(=O)Nc1ccc(N2CCOCC2=O)c(C(F)(F)F)c1)N(CC(F)(F)F)C1CCC1. The number of carbonyl (C=O) groups is 3. The molecule has 34 heavy (non-hydrogen) atoms. The number of hydrogen-bond donors (Lipinski definition) is 2. The van der Waals surface area contributed by atoms with Crippen molar-refractivity contribution in [3.05, 3.63) is 23.8 Å². The molecule has 0 unspecified atom stereocenters. The molecule has 0 aromatic heterocycles. The molecule has 2 aliphatic rings. The topological polar surface area (TPSA) is 105 Å². The van der Waals surface area contributed by atoms with E-state index in [0.717, 1.165) is 17.0 Å². The summed E-state index contributed by atoms with van der Waals surface area (Å²) < 4.78 is 85.3. The van der Waals surface area contributed by atoms with Crippen LogP contribution in [-0.2, 0) is 25.3 Å². The molecule has 1 saturated heterocycles. The van der Waals surface area contributed by atoms with E-state index >= 15 is 0 Å². The van der Waals surface area contributed by atoms with E-state index < -0.39 is 72.2 Å². The van der Waals surface area contributed by atoms with Crippen molar-refractivity contribution in [1.82, 2.24) is 4.90 Å². The van der Waals surface area contributed by atoms with Gasteiger partial charge in [0.15, 0.2) is 6.04 Å². The lowest BCUT2D eigenvalue weighted by Gasteiger charge is -2.40. The number of alkyl halides is 6. The zero-order chi connectivity index (χ0) is 25.3. The van der Waals surface area contributed by atoms with Gasteiger partial charge in [0.05, 0.1) is 24.4 Å². The van der Waals surface area contributed by atoms with E-state index in [-0.39, 0.29) is 13.2 Å². The number of anilines is 2. The number of nitrogens with zero attached hydrogens (tertiary/aromatic N) is 2. The molecule has 1 heterocycles. The van der Waals surface area contributed by atoms with E-state index in [1.165, 1.54) is 0 Å². The van der Waals surface area contributed by atoms with E-state index in [2.05, 4.69) is 5.32 Å². The third-order valence-electron chi connectivity index (χ3n) is 5.60. The Labute approximate surface area is 190 Å². The number of morpholine rings is 1. The first kappa shape index (κ1) is 25.7. The molecule has 3 rings (SSSR count). The minimum atomic E-state index is -4.92. The van der Waals surface area contributed by atoms with Gasteiger partial charge in [0.25, 0.3) is 11.8 Å². The van der Waals surface area contributed by atoms with Crippen molar-refractivity contribution < 1.29 is 45.5 Å². The third-order valence-corrected chi connectivity index (χ3v) is 5.60. The second-order valence-corrected chi connectivity index (χ2v) is 7.99. The van der Waals surface area contributed by atoms with Crippen LogP contribution in [0.15, 0.2) is 18.2 Å². The average molecular weight is 496 g/mol. The van der Waals surface area contributed by atoms with Crippen molar-refractivity contribution >= 4 is 29.1 Å². The Morgan fingerprint density at radius 3 is 2.38 bits per heavy atom. The average Bonchev–Trinajstić information content (AvgIpc) is 2.65. The number of nitrogens with two attached hydrogens (primary N) is 1. The first-order chi connectivity index (χ1) is 15.8. The number of carbonyl (C=O) groups excluding carboxylic acids is 3. The summed E-state index contributed by atoms with van der Waals surface area (Å²) in [6.45, 7) is -2.07. The molecule has 8 nitrogen and oxygen atoms in total. The fourth-order valence-corrected chi connectivity index (χ4v) is 3.86. The van der Waals surface area contributed by atoms with Crippen molar-refractivity contribution in [3.63, 3.8) is 0 Å². The molecular weight excluding hydrogens is 474 g/mol. The van der Waals surface area contributed by atoms with E-state index in [1.807, 2.05) is 0 Å². The highest BCUT2D eigenvalue weighted by Crippen LogP contribution is 2.39. The first-order valence-corrected chi connectivity index (χ1v) is 10.3. The van der Waals surface area contributed by atoms with Gasteiger partial charge in [-0.2, -0.15) is 26.3 Å². The Hall–Kier alpha value is -2.87. The largest absolute Gasteiger partial charge is 0.418 e. The summed E-state index contributed by atoms with van der Waals surface area (Å²) in [6.07, 6.45) is -8.44. The quantitative estimate of drug-likeness (QED) is 0.445. The molecule has 1 saturated carbocycles. The lowest BCUT2D eigenvalue weighted by atomic mass is 9.90. The smallest absolute Gasteiger partial charge is 0.370 e. The molecule has 0 radical (unpaired) electrons. The molecule has 3 amide bonds. The lowest BCUT2D eigenvalue weighted by Crippen LogP contribution is -2.59. The van der Waals surface area contributed by atoms with Crippen LogP contribution in [0.25, 0.3) is 0 Å². The summed E-state index contributed by atoms with van der Waals surface area (Å²) in [5.41, 5.74) is 3.09. The fourth-order valence-electron chi connectivity index (χ4n) is 3.86. The minimum absolute atomic E-state index is 0.0258. The molecule has 0 bridgehead atoms. The standard InChI is InChI=1S/C20H22F6N4O4/c21-19(22,23)10-30(12-2-1-3-12)16(17(27)32)18(33)28-11-4-5-14(13(8-11)20(24,25)26)29-6-7-34-9-15(29)31/h4-5,8,12,16H,1-3,6-7,9-10H2,(H2,27,32)(H,28,33)/t16-/m0/s1. The second-order valence-electron chi connectivity index (χ2n) is 7.99. The lowest BCUT2D eigenvalue weighted by molar-refractivity contribution is -0.166. The molecule has 1 aromatic rings. The Kier molecular flexibility index (Phi) is 7.41. The van der Waals surface area contributed by atoms with Gasteiger partial charge < -0.3 is 20.7 Å². The molecule has 1 aliphatic heterocycles. The van der Waals surface area contributed by atoms with Gasteiger partial charge in [0, 0.05) is 18.3 Å². The number of amides is 3. The van der Waals surface area contributed by atoms with Crippen LogP contribution in [0.1, 0.15) is 24.8 Å². The number of hydrogen-bond acceptors (Lipinski definition) is 5. The number of ether oxygens (including phenoxy) is 1. The molecule has 188 valence electrons. The van der Waals surface area contributed by atoms with Crippen LogP contribution >= 0.6 is 0 Å². The van der Waals surface area contributed by atoms with Crippen molar-refractivity contribution in [2.75, 3.05) is 36.5 Å². The predicted molar refractivity (Wildman–Crippen MR) is 107 cm³/mol. The normalized spacial score (nSPS) is 18.6. The van der Waals surface area contributed by atoms with Crippen molar-refractivity contribution in [2.24, 2.45) is 5.73 Å². The van der Waals surface area contributed by atoms with Gasteiger partial charge in [-0.05, 0) is 31.0 Å². The highest BCUT2D eigenvalue weighted by Gasteiger charge is 2.44. The van der Waals surface area contributed by atoms with Gasteiger partial charge in [0.1, 0.15) is 6.61 Å². The maximum absolute atomic E-state index is 13.7. The van der Waals surface area contributed by atoms with E-state index in [9.17, 15) is 40.7 Å². The highest BCUT2D eigenvalue weighted by molar-refractivity contribution is 6.09. The second kappa shape index (κ2) is 9.78. The van der Waals surface area contributed by atoms with Gasteiger partial charge >= 0.3 is 12.4 Å².